The van der Waals surface area contributed by atoms with Gasteiger partial charge < -0.3 is 0 Å². The van der Waals surface area contributed by atoms with Gasteiger partial charge in [-0.3, -0.25) is 49.9 Å². The van der Waals surface area contributed by atoms with Gasteiger partial charge in [0, 0.05) is 24.3 Å². The van der Waals surface area contributed by atoms with Crippen LogP contribution in [-0.4, -0.2) is 36.5 Å². The van der Waals surface area contributed by atoms with E-state index < -0.39 is 83.7 Å². The lowest BCUT2D eigenvalue weighted by molar-refractivity contribution is -0.400. The summed E-state index contributed by atoms with van der Waals surface area (Å²) in [5.41, 5.74) is -5.29. The second-order valence-corrected chi connectivity index (χ2v) is 10.3. The van der Waals surface area contributed by atoms with E-state index in [1.807, 2.05) is 9.44 Å². The van der Waals surface area contributed by atoms with Crippen molar-refractivity contribution < 1.29 is 36.5 Å². The van der Waals surface area contributed by atoms with Gasteiger partial charge >= 0.3 is 0 Å². The van der Waals surface area contributed by atoms with Crippen LogP contribution in [0.15, 0.2) is 70.5 Å². The molecule has 20 heteroatoms. The molecular weight excluding hydrogens is 556 g/mol. The van der Waals surface area contributed by atoms with Gasteiger partial charge in [-0.25, -0.2) is 16.8 Å². The number of hydrogen-bond acceptors (Lipinski definition) is 12. The van der Waals surface area contributed by atoms with E-state index in [2.05, 4.69) is 0 Å². The fourth-order valence-corrected chi connectivity index (χ4v) is 5.96. The maximum atomic E-state index is 12.9. The van der Waals surface area contributed by atoms with Crippen molar-refractivity contribution >= 4 is 54.2 Å². The first kappa shape index (κ1) is 27.3. The van der Waals surface area contributed by atoms with Crippen molar-refractivity contribution in [2.45, 2.75) is 9.79 Å². The van der Waals surface area contributed by atoms with Gasteiger partial charge in [-0.2, -0.15) is 0 Å². The van der Waals surface area contributed by atoms with Crippen molar-refractivity contribution in [1.29, 1.82) is 0 Å². The van der Waals surface area contributed by atoms with E-state index in [0.29, 0.717) is 0 Å². The molecule has 0 atom stereocenters. The Bertz CT molecular complexity index is 1540. The molecule has 0 saturated carbocycles. The van der Waals surface area contributed by atoms with E-state index in [1.165, 1.54) is 0 Å². The average Bonchev–Trinajstić information content (AvgIpc) is 2.82. The summed E-state index contributed by atoms with van der Waals surface area (Å²) in [5.74, 6) is 0. The number of sulfonamides is 2. The Balaban J connectivity index is 2.05. The highest BCUT2D eigenvalue weighted by atomic mass is 32.2. The quantitative estimate of drug-likeness (QED) is 0.264. The maximum Gasteiger partial charge on any atom is 0.297 e. The molecule has 3 rings (SSSR count). The molecule has 0 aromatic heterocycles. The molecule has 0 heterocycles. The summed E-state index contributed by atoms with van der Waals surface area (Å²) in [4.78, 5) is 38.1. The Morgan fingerprint density at radius 1 is 0.500 bits per heavy atom. The number of nitro groups is 4. The number of benzene rings is 3. The monoisotopic (exact) mass is 568 g/mol. The summed E-state index contributed by atoms with van der Waals surface area (Å²) in [7, 11) is -10.0. The zero-order valence-corrected chi connectivity index (χ0v) is 19.9. The molecule has 0 spiro atoms. The van der Waals surface area contributed by atoms with Gasteiger partial charge in [-0.1, -0.05) is 6.07 Å². The Hall–Kier alpha value is -5.24. The van der Waals surface area contributed by atoms with E-state index >= 15 is 0 Å². The van der Waals surface area contributed by atoms with Crippen LogP contribution in [0.4, 0.5) is 34.1 Å². The summed E-state index contributed by atoms with van der Waals surface area (Å²) < 4.78 is 55.3. The van der Waals surface area contributed by atoms with Crippen LogP contribution in [0.5, 0.6) is 0 Å². The molecule has 0 unspecified atom stereocenters. The molecule has 0 amide bonds. The largest absolute Gasteiger partial charge is 0.297 e. The minimum atomic E-state index is -5.00. The molecule has 0 bridgehead atoms. The second kappa shape index (κ2) is 10.0. The van der Waals surface area contributed by atoms with Crippen LogP contribution in [-0.2, 0) is 20.0 Å². The lowest BCUT2D eigenvalue weighted by Gasteiger charge is -2.12. The van der Waals surface area contributed by atoms with Gasteiger partial charge in [0.15, 0.2) is 0 Å². The molecule has 3 aromatic rings. The van der Waals surface area contributed by atoms with E-state index in [9.17, 15) is 57.3 Å². The number of nitrogens with one attached hydrogen (secondary N) is 2. The van der Waals surface area contributed by atoms with Crippen LogP contribution in [0, 0.1) is 40.5 Å². The molecule has 198 valence electrons. The van der Waals surface area contributed by atoms with Crippen molar-refractivity contribution in [1.82, 2.24) is 0 Å². The van der Waals surface area contributed by atoms with Crippen LogP contribution in [0.2, 0.25) is 0 Å². The zero-order valence-electron chi connectivity index (χ0n) is 18.3. The van der Waals surface area contributed by atoms with E-state index in [0.717, 1.165) is 60.7 Å². The van der Waals surface area contributed by atoms with Crippen LogP contribution < -0.4 is 9.44 Å². The lowest BCUT2D eigenvalue weighted by Crippen LogP contribution is -2.18. The van der Waals surface area contributed by atoms with Crippen LogP contribution in [0.25, 0.3) is 0 Å². The predicted octanol–water partition coefficient (Wildman–Crippen LogP) is 2.92. The number of nitro benzene ring substituents is 4. The Morgan fingerprint density at radius 3 is 1.03 bits per heavy atom. The average molecular weight is 568 g/mol. The van der Waals surface area contributed by atoms with Crippen molar-refractivity contribution in [3.05, 3.63) is 101 Å². The molecule has 2 N–H and O–H groups in total. The van der Waals surface area contributed by atoms with E-state index in [-0.39, 0.29) is 0 Å². The molecule has 38 heavy (non-hydrogen) atoms. The Morgan fingerprint density at radius 2 is 0.763 bits per heavy atom. The summed E-state index contributed by atoms with van der Waals surface area (Å²) in [6.07, 6.45) is 0. The van der Waals surface area contributed by atoms with E-state index in [1.54, 1.807) is 0 Å². The fraction of sp³-hybridized carbons (Fsp3) is 0. The van der Waals surface area contributed by atoms with Gasteiger partial charge in [0.25, 0.3) is 42.8 Å². The number of hydrogen-bond donors (Lipinski definition) is 2. The van der Waals surface area contributed by atoms with Crippen LogP contribution in [0.3, 0.4) is 0 Å². The molecule has 0 radical (unpaired) electrons. The van der Waals surface area contributed by atoms with Crippen LogP contribution >= 0.6 is 0 Å². The fourth-order valence-electron chi connectivity index (χ4n) is 3.21. The molecule has 18 nitrogen and oxygen atoms in total. The number of anilines is 2. The maximum absolute atomic E-state index is 12.9. The molecule has 0 aliphatic rings. The van der Waals surface area contributed by atoms with Crippen molar-refractivity contribution in [3.63, 3.8) is 0 Å². The van der Waals surface area contributed by atoms with Crippen molar-refractivity contribution in [3.8, 4) is 0 Å². The zero-order chi connectivity index (χ0) is 28.4. The van der Waals surface area contributed by atoms with Crippen molar-refractivity contribution in [2.24, 2.45) is 0 Å². The topological polar surface area (TPSA) is 265 Å². The summed E-state index contributed by atoms with van der Waals surface area (Å²) >= 11 is 0. The summed E-state index contributed by atoms with van der Waals surface area (Å²) in [6, 6.07) is 8.77. The molecule has 0 aliphatic carbocycles. The number of rotatable bonds is 10. The highest BCUT2D eigenvalue weighted by molar-refractivity contribution is 7.93. The molecule has 0 saturated heterocycles. The van der Waals surface area contributed by atoms with Crippen LogP contribution in [0.1, 0.15) is 0 Å². The lowest BCUT2D eigenvalue weighted by atomic mass is 10.3. The predicted molar refractivity (Wildman–Crippen MR) is 128 cm³/mol. The van der Waals surface area contributed by atoms with Gasteiger partial charge in [-0.05, 0) is 30.3 Å². The molecule has 0 aliphatic heterocycles. The van der Waals surface area contributed by atoms with Crippen molar-refractivity contribution in [2.75, 3.05) is 9.44 Å². The normalized spacial score (nSPS) is 11.4. The highest BCUT2D eigenvalue weighted by Crippen LogP contribution is 2.36. The summed E-state index contributed by atoms with van der Waals surface area (Å²) in [5, 5.41) is 45.2. The standard InChI is InChI=1S/C18H12N6O12S2/c25-21(26)13-6-2-7-14(22(27)28)17(13)37(33,34)19-11-4-1-5-12(10-11)20-38(35,36)18-15(23(29)30)8-3-9-16(18)24(31)32/h1-10,19-20H. The minimum Gasteiger partial charge on any atom is -0.279 e. The highest BCUT2D eigenvalue weighted by Gasteiger charge is 2.37. The van der Waals surface area contributed by atoms with Gasteiger partial charge in [0.2, 0.25) is 9.79 Å². The third kappa shape index (κ3) is 5.44. The third-order valence-corrected chi connectivity index (χ3v) is 7.56. The molecule has 3 aromatic carbocycles. The number of nitrogens with zero attached hydrogens (tertiary/aromatic N) is 4. The molecular formula is C18H12N6O12S2. The Kier molecular flexibility index (Phi) is 7.21. The van der Waals surface area contributed by atoms with E-state index in [4.69, 9.17) is 0 Å². The van der Waals surface area contributed by atoms with Gasteiger partial charge in [0.05, 0.1) is 31.1 Å². The first-order chi connectivity index (χ1) is 17.7. The SMILES string of the molecule is O=[N+]([O-])c1cccc([N+](=O)[O-])c1S(=O)(=O)Nc1cccc(NS(=O)(=O)c2c([N+](=O)[O-])cccc2[N+](=O)[O-])c1. The first-order valence-electron chi connectivity index (χ1n) is 9.65. The molecule has 0 fully saturated rings. The minimum absolute atomic E-state index is 0.435. The Labute approximate surface area is 211 Å². The summed E-state index contributed by atoms with van der Waals surface area (Å²) in [6.45, 7) is 0. The smallest absolute Gasteiger partial charge is 0.279 e. The van der Waals surface area contributed by atoms with Gasteiger partial charge in [0.1, 0.15) is 0 Å². The van der Waals surface area contributed by atoms with Gasteiger partial charge in [-0.15, -0.1) is 0 Å². The first-order valence-corrected chi connectivity index (χ1v) is 12.6. The third-order valence-electron chi connectivity index (χ3n) is 4.64. The second-order valence-electron chi connectivity index (χ2n) is 7.07.